The van der Waals surface area contributed by atoms with Gasteiger partial charge in [-0.3, -0.25) is 0 Å². The van der Waals surface area contributed by atoms with E-state index in [1.807, 2.05) is 0 Å². The van der Waals surface area contributed by atoms with Crippen LogP contribution in [-0.4, -0.2) is 13.1 Å². The van der Waals surface area contributed by atoms with E-state index in [1.54, 1.807) is 0 Å². The molecule has 0 amide bonds. The van der Waals surface area contributed by atoms with Crippen molar-refractivity contribution in [2.45, 2.75) is 19.8 Å². The molecule has 0 saturated heterocycles. The summed E-state index contributed by atoms with van der Waals surface area (Å²) in [6.45, 7) is 4.30. The molecule has 0 fully saturated rings. The highest BCUT2D eigenvalue weighted by Crippen LogP contribution is 2.03. The molecule has 1 nitrogen and oxygen atoms in total. The Morgan fingerprint density at radius 2 is 2.33 bits per heavy atom. The minimum atomic E-state index is 1.01. The second-order valence-corrected chi connectivity index (χ2v) is 2.98. The average Bonchev–Trinajstić information content (AvgIpc) is 2.33. The number of rotatable bonds is 4. The van der Waals surface area contributed by atoms with Crippen molar-refractivity contribution in [3.8, 4) is 0 Å². The topological polar surface area (TPSA) is 12.0 Å². The quantitative estimate of drug-likeness (QED) is 0.628. The lowest BCUT2D eigenvalue weighted by Crippen LogP contribution is -2.16. The Balaban J connectivity index is 2.27. The summed E-state index contributed by atoms with van der Waals surface area (Å²) in [6.07, 6.45) is 13.1. The van der Waals surface area contributed by atoms with E-state index in [9.17, 15) is 0 Å². The molecule has 0 saturated carbocycles. The lowest BCUT2D eigenvalue weighted by atomic mass is 10.2. The zero-order chi connectivity index (χ0) is 8.65. The van der Waals surface area contributed by atoms with Crippen molar-refractivity contribution in [2.24, 2.45) is 0 Å². The molecule has 1 heteroatoms. The first-order valence-electron chi connectivity index (χ1n) is 4.66. The first kappa shape index (κ1) is 9.27. The van der Waals surface area contributed by atoms with E-state index < -0.39 is 0 Å². The molecule has 0 unspecified atom stereocenters. The van der Waals surface area contributed by atoms with Crippen molar-refractivity contribution in [3.63, 3.8) is 0 Å². The first-order chi connectivity index (χ1) is 5.93. The van der Waals surface area contributed by atoms with Gasteiger partial charge in [-0.25, -0.2) is 0 Å². The van der Waals surface area contributed by atoms with E-state index >= 15 is 0 Å². The smallest absolute Gasteiger partial charge is 0.0202 e. The predicted octanol–water partition coefficient (Wildman–Crippen LogP) is 2.43. The van der Waals surface area contributed by atoms with Crippen LogP contribution in [0.25, 0.3) is 0 Å². The summed E-state index contributed by atoms with van der Waals surface area (Å²) < 4.78 is 0. The summed E-state index contributed by atoms with van der Waals surface area (Å²) >= 11 is 0. The molecule has 66 valence electrons. The number of allylic oxidation sites excluding steroid dienone is 4. The Morgan fingerprint density at radius 1 is 1.42 bits per heavy atom. The summed E-state index contributed by atoms with van der Waals surface area (Å²) in [6, 6.07) is 0. The number of nitrogens with one attached hydrogen (secondary N) is 1. The van der Waals surface area contributed by atoms with Crippen molar-refractivity contribution < 1.29 is 0 Å². The fourth-order valence-electron chi connectivity index (χ4n) is 1.16. The van der Waals surface area contributed by atoms with Gasteiger partial charge in [-0.1, -0.05) is 37.3 Å². The van der Waals surface area contributed by atoms with Crippen LogP contribution in [0.15, 0.2) is 36.0 Å². The molecule has 1 N–H and O–H groups in total. The van der Waals surface area contributed by atoms with Crippen molar-refractivity contribution in [1.29, 1.82) is 0 Å². The van der Waals surface area contributed by atoms with Crippen LogP contribution >= 0.6 is 0 Å². The fourth-order valence-corrected chi connectivity index (χ4v) is 1.16. The Labute approximate surface area is 74.9 Å². The minimum absolute atomic E-state index is 1.01. The normalized spacial score (nSPS) is 15.9. The van der Waals surface area contributed by atoms with Gasteiger partial charge in [-0.2, -0.15) is 0 Å². The van der Waals surface area contributed by atoms with E-state index in [0.717, 1.165) is 19.5 Å². The van der Waals surface area contributed by atoms with Crippen LogP contribution in [0.3, 0.4) is 0 Å². The highest BCUT2D eigenvalue weighted by Gasteiger charge is 1.92. The Morgan fingerprint density at radius 3 is 3.17 bits per heavy atom. The van der Waals surface area contributed by atoms with Crippen LogP contribution < -0.4 is 5.32 Å². The van der Waals surface area contributed by atoms with Gasteiger partial charge in [0.15, 0.2) is 0 Å². The van der Waals surface area contributed by atoms with Gasteiger partial charge in [0.05, 0.1) is 0 Å². The third-order valence-electron chi connectivity index (χ3n) is 1.83. The average molecular weight is 163 g/mol. The number of hydrogen-bond donors (Lipinski definition) is 1. The van der Waals surface area contributed by atoms with Crippen molar-refractivity contribution in [1.82, 2.24) is 5.32 Å². The minimum Gasteiger partial charge on any atom is -0.313 e. The number of hydrogen-bond acceptors (Lipinski definition) is 1. The van der Waals surface area contributed by atoms with Crippen LogP contribution in [0.1, 0.15) is 19.8 Å². The molecule has 0 aromatic carbocycles. The first-order valence-corrected chi connectivity index (χ1v) is 4.66. The maximum absolute atomic E-state index is 3.39. The molecule has 1 aliphatic rings. The monoisotopic (exact) mass is 163 g/mol. The molecule has 0 heterocycles. The van der Waals surface area contributed by atoms with Gasteiger partial charge < -0.3 is 5.32 Å². The largest absolute Gasteiger partial charge is 0.313 e. The van der Waals surface area contributed by atoms with E-state index in [0.29, 0.717) is 0 Å². The molecule has 1 aliphatic carbocycles. The van der Waals surface area contributed by atoms with Gasteiger partial charge in [0, 0.05) is 6.54 Å². The third kappa shape index (κ3) is 3.54. The fraction of sp³-hybridized carbons (Fsp3) is 0.455. The van der Waals surface area contributed by atoms with Gasteiger partial charge in [0.1, 0.15) is 0 Å². The summed E-state index contributed by atoms with van der Waals surface area (Å²) in [5.41, 5.74) is 1.40. The van der Waals surface area contributed by atoms with Crippen LogP contribution in [0.4, 0.5) is 0 Å². The second kappa shape index (κ2) is 5.78. The summed E-state index contributed by atoms with van der Waals surface area (Å²) in [4.78, 5) is 0. The lowest BCUT2D eigenvalue weighted by molar-refractivity contribution is 0.719. The van der Waals surface area contributed by atoms with Crippen molar-refractivity contribution in [2.75, 3.05) is 13.1 Å². The van der Waals surface area contributed by atoms with Gasteiger partial charge >= 0.3 is 0 Å². The molecule has 0 aromatic heterocycles. The van der Waals surface area contributed by atoms with Crippen LogP contribution in [0.2, 0.25) is 0 Å². The van der Waals surface area contributed by atoms with Crippen LogP contribution in [-0.2, 0) is 0 Å². The zero-order valence-corrected chi connectivity index (χ0v) is 7.72. The maximum atomic E-state index is 3.39. The van der Waals surface area contributed by atoms with Crippen LogP contribution in [0, 0.1) is 0 Å². The molecular weight excluding hydrogens is 146 g/mol. The maximum Gasteiger partial charge on any atom is 0.0202 e. The van der Waals surface area contributed by atoms with Crippen LogP contribution in [0.5, 0.6) is 0 Å². The van der Waals surface area contributed by atoms with E-state index in [4.69, 9.17) is 0 Å². The molecule has 0 spiro atoms. The zero-order valence-electron chi connectivity index (χ0n) is 7.72. The van der Waals surface area contributed by atoms with E-state index in [-0.39, 0.29) is 0 Å². The molecule has 0 atom stereocenters. The van der Waals surface area contributed by atoms with E-state index in [1.165, 1.54) is 12.0 Å². The summed E-state index contributed by atoms with van der Waals surface area (Å²) in [7, 11) is 0. The molecule has 1 rings (SSSR count). The van der Waals surface area contributed by atoms with Gasteiger partial charge in [-0.15, -0.1) is 0 Å². The van der Waals surface area contributed by atoms with Crippen molar-refractivity contribution >= 4 is 0 Å². The third-order valence-corrected chi connectivity index (χ3v) is 1.83. The highest BCUT2D eigenvalue weighted by atomic mass is 14.8. The Bertz CT molecular complexity index is 199. The van der Waals surface area contributed by atoms with Gasteiger partial charge in [-0.05, 0) is 25.0 Å². The predicted molar refractivity (Wildman–Crippen MR) is 54.1 cm³/mol. The van der Waals surface area contributed by atoms with Gasteiger partial charge in [0.2, 0.25) is 0 Å². The summed E-state index contributed by atoms with van der Waals surface area (Å²) in [5, 5.41) is 3.39. The second-order valence-electron chi connectivity index (χ2n) is 2.98. The summed E-state index contributed by atoms with van der Waals surface area (Å²) in [5.74, 6) is 0. The molecule has 0 radical (unpaired) electrons. The Kier molecular flexibility index (Phi) is 4.47. The SMILES string of the molecule is CCCNCC1=CCC=CC=C1. The standard InChI is InChI=1S/C11H17N/c1-2-9-12-10-11-7-5-3-4-6-8-11/h3-5,7-8,12H,2,6,9-10H2,1H3. The Hall–Kier alpha value is -0.820. The van der Waals surface area contributed by atoms with Gasteiger partial charge in [0.25, 0.3) is 0 Å². The van der Waals surface area contributed by atoms with Crippen molar-refractivity contribution in [3.05, 3.63) is 36.0 Å². The highest BCUT2D eigenvalue weighted by molar-refractivity contribution is 5.27. The molecule has 12 heavy (non-hydrogen) atoms. The molecule has 0 aromatic rings. The lowest BCUT2D eigenvalue weighted by Gasteiger charge is -2.02. The molecule has 0 aliphatic heterocycles. The molecule has 0 bridgehead atoms. The van der Waals surface area contributed by atoms with E-state index in [2.05, 4.69) is 42.6 Å². The molecular formula is C11H17N.